The predicted molar refractivity (Wildman–Crippen MR) is 88.6 cm³/mol. The number of benzene rings is 1. The number of ether oxygens (including phenoxy) is 3. The predicted octanol–water partition coefficient (Wildman–Crippen LogP) is 3.55. The van der Waals surface area contributed by atoms with Crippen molar-refractivity contribution in [2.24, 2.45) is 0 Å². The highest BCUT2D eigenvalue weighted by molar-refractivity contribution is 6.35. The topological polar surface area (TPSA) is 30.9 Å². The highest BCUT2D eigenvalue weighted by Gasteiger charge is 2.45. The van der Waals surface area contributed by atoms with Crippen LogP contribution >= 0.6 is 23.2 Å². The third kappa shape index (κ3) is 4.34. The number of likely N-dealkylation sites (N-methyl/N-ethyl adjacent to an activating group) is 1. The second-order valence-electron chi connectivity index (χ2n) is 6.05. The lowest BCUT2D eigenvalue weighted by atomic mass is 10.1. The molecule has 1 aromatic carbocycles. The van der Waals surface area contributed by atoms with Crippen LogP contribution in [-0.2, 0) is 20.0 Å². The summed E-state index contributed by atoms with van der Waals surface area (Å²) in [5.74, 6) is -0.893. The molecule has 1 aliphatic rings. The second kappa shape index (κ2) is 7.47. The van der Waals surface area contributed by atoms with Gasteiger partial charge < -0.3 is 19.1 Å². The van der Waals surface area contributed by atoms with E-state index in [4.69, 9.17) is 37.4 Å². The number of rotatable bonds is 6. The van der Waals surface area contributed by atoms with Crippen LogP contribution in [0.4, 0.5) is 0 Å². The minimum atomic E-state index is -0.893. The summed E-state index contributed by atoms with van der Waals surface area (Å²) in [6.07, 6.45) is 0.0423. The van der Waals surface area contributed by atoms with Gasteiger partial charge in [-0.25, -0.2) is 0 Å². The zero-order valence-electron chi connectivity index (χ0n) is 13.4. The zero-order valence-corrected chi connectivity index (χ0v) is 14.9. The Balaban J connectivity index is 2.22. The van der Waals surface area contributed by atoms with Gasteiger partial charge in [-0.3, -0.25) is 0 Å². The smallest absolute Gasteiger partial charge is 0.209 e. The lowest BCUT2D eigenvalue weighted by Gasteiger charge is -2.32. The van der Waals surface area contributed by atoms with E-state index in [-0.39, 0.29) is 12.2 Å². The van der Waals surface area contributed by atoms with Gasteiger partial charge >= 0.3 is 0 Å². The normalized spacial score (nSPS) is 25.4. The highest BCUT2D eigenvalue weighted by atomic mass is 35.5. The van der Waals surface area contributed by atoms with Crippen molar-refractivity contribution >= 4 is 23.2 Å². The summed E-state index contributed by atoms with van der Waals surface area (Å²) in [5, 5.41) is 1.13. The molecule has 6 heteroatoms. The van der Waals surface area contributed by atoms with Crippen molar-refractivity contribution in [3.05, 3.63) is 33.8 Å². The Morgan fingerprint density at radius 2 is 2.09 bits per heavy atom. The van der Waals surface area contributed by atoms with E-state index >= 15 is 0 Å². The fourth-order valence-corrected chi connectivity index (χ4v) is 3.02. The van der Waals surface area contributed by atoms with Gasteiger partial charge in [0.05, 0.1) is 30.9 Å². The summed E-state index contributed by atoms with van der Waals surface area (Å²) >= 11 is 12.4. The fraction of sp³-hybridized carbons (Fsp3) is 0.625. The van der Waals surface area contributed by atoms with Crippen molar-refractivity contribution in [1.82, 2.24) is 4.90 Å². The summed E-state index contributed by atoms with van der Waals surface area (Å²) < 4.78 is 17.9. The first-order chi connectivity index (χ1) is 10.3. The quantitative estimate of drug-likeness (QED) is 0.787. The maximum atomic E-state index is 6.36. The van der Waals surface area contributed by atoms with E-state index in [1.807, 2.05) is 38.9 Å². The molecule has 1 aromatic rings. The maximum Gasteiger partial charge on any atom is 0.209 e. The van der Waals surface area contributed by atoms with E-state index in [1.165, 1.54) is 0 Å². The van der Waals surface area contributed by atoms with Gasteiger partial charge in [0.25, 0.3) is 0 Å². The molecule has 22 heavy (non-hydrogen) atoms. The summed E-state index contributed by atoms with van der Waals surface area (Å²) in [5.41, 5.74) is 0.791. The summed E-state index contributed by atoms with van der Waals surface area (Å²) in [6, 6.07) is 5.37. The molecule has 0 N–H and O–H groups in total. The molecule has 2 atom stereocenters. The van der Waals surface area contributed by atoms with E-state index in [1.54, 1.807) is 12.1 Å². The summed E-state index contributed by atoms with van der Waals surface area (Å²) in [7, 11) is 3.94. The number of hydrogen-bond acceptors (Lipinski definition) is 4. The maximum absolute atomic E-state index is 6.36. The first-order valence-corrected chi connectivity index (χ1v) is 8.11. The van der Waals surface area contributed by atoms with Gasteiger partial charge in [-0.1, -0.05) is 29.3 Å². The molecular weight excluding hydrogens is 325 g/mol. The molecule has 0 radical (unpaired) electrons. The van der Waals surface area contributed by atoms with Crippen LogP contribution in [0.5, 0.6) is 0 Å². The molecule has 124 valence electrons. The minimum Gasteiger partial charge on any atom is -0.376 e. The standard InChI is InChI=1S/C16H23Cl2NO3/c1-11(2)20-8-13-9-21-16(22-13,10-19(3)4)14-6-5-12(17)7-15(14)18/h5-7,11,13H,8-10H2,1-4H3. The molecule has 1 aliphatic heterocycles. The van der Waals surface area contributed by atoms with Crippen molar-refractivity contribution in [3.8, 4) is 0 Å². The third-order valence-corrected chi connectivity index (χ3v) is 3.89. The average molecular weight is 348 g/mol. The lowest BCUT2D eigenvalue weighted by Crippen LogP contribution is -2.40. The largest absolute Gasteiger partial charge is 0.376 e. The molecule has 1 heterocycles. The SMILES string of the molecule is CC(C)OCC1COC(CN(C)C)(c2ccc(Cl)cc2Cl)O1. The van der Waals surface area contributed by atoms with Crippen LogP contribution in [0.15, 0.2) is 18.2 Å². The van der Waals surface area contributed by atoms with Crippen LogP contribution < -0.4 is 0 Å². The van der Waals surface area contributed by atoms with E-state index in [2.05, 4.69) is 0 Å². The van der Waals surface area contributed by atoms with Gasteiger partial charge in [-0.2, -0.15) is 0 Å². The van der Waals surface area contributed by atoms with Crippen LogP contribution in [-0.4, -0.2) is 51.0 Å². The molecule has 2 unspecified atom stereocenters. The van der Waals surface area contributed by atoms with Crippen molar-refractivity contribution in [2.45, 2.75) is 31.8 Å². The number of nitrogens with zero attached hydrogens (tertiary/aromatic N) is 1. The molecule has 0 amide bonds. The van der Waals surface area contributed by atoms with Crippen LogP contribution in [0, 0.1) is 0 Å². The first kappa shape index (κ1) is 18.0. The second-order valence-corrected chi connectivity index (χ2v) is 6.89. The average Bonchev–Trinajstić information content (AvgIpc) is 2.79. The Kier molecular flexibility index (Phi) is 6.11. The van der Waals surface area contributed by atoms with Gasteiger partial charge in [-0.05, 0) is 40.1 Å². The summed E-state index contributed by atoms with van der Waals surface area (Å²) in [6.45, 7) is 5.53. The van der Waals surface area contributed by atoms with E-state index in [9.17, 15) is 0 Å². The Morgan fingerprint density at radius 1 is 1.36 bits per heavy atom. The molecular formula is C16H23Cl2NO3. The highest BCUT2D eigenvalue weighted by Crippen LogP contribution is 2.39. The molecule has 4 nitrogen and oxygen atoms in total. The van der Waals surface area contributed by atoms with E-state index in [0.29, 0.717) is 29.8 Å². The van der Waals surface area contributed by atoms with Gasteiger partial charge in [0.1, 0.15) is 6.10 Å². The van der Waals surface area contributed by atoms with Crippen LogP contribution in [0.2, 0.25) is 10.0 Å². The third-order valence-electron chi connectivity index (χ3n) is 3.34. The Morgan fingerprint density at radius 3 is 2.68 bits per heavy atom. The Labute approximate surface area is 142 Å². The number of halogens is 2. The molecule has 0 spiro atoms. The van der Waals surface area contributed by atoms with Crippen LogP contribution in [0.25, 0.3) is 0 Å². The van der Waals surface area contributed by atoms with Gasteiger partial charge in [0.2, 0.25) is 5.79 Å². The molecule has 1 saturated heterocycles. The van der Waals surface area contributed by atoms with Crippen molar-refractivity contribution in [3.63, 3.8) is 0 Å². The van der Waals surface area contributed by atoms with Gasteiger partial charge in [0.15, 0.2) is 0 Å². The molecule has 0 saturated carbocycles. The number of hydrogen-bond donors (Lipinski definition) is 0. The Hall–Kier alpha value is -0.360. The van der Waals surface area contributed by atoms with Gasteiger partial charge in [0, 0.05) is 10.6 Å². The summed E-state index contributed by atoms with van der Waals surface area (Å²) in [4.78, 5) is 2.01. The molecule has 0 aliphatic carbocycles. The van der Waals surface area contributed by atoms with Crippen molar-refractivity contribution < 1.29 is 14.2 Å². The molecule has 1 fully saturated rings. The van der Waals surface area contributed by atoms with Crippen molar-refractivity contribution in [1.29, 1.82) is 0 Å². The van der Waals surface area contributed by atoms with E-state index in [0.717, 1.165) is 5.56 Å². The molecule has 2 rings (SSSR count). The Bertz CT molecular complexity index is 510. The first-order valence-electron chi connectivity index (χ1n) is 7.36. The van der Waals surface area contributed by atoms with E-state index < -0.39 is 5.79 Å². The van der Waals surface area contributed by atoms with Crippen molar-refractivity contribution in [2.75, 3.05) is 33.9 Å². The van der Waals surface area contributed by atoms with Crippen LogP contribution in [0.3, 0.4) is 0 Å². The zero-order chi connectivity index (χ0) is 16.3. The molecule has 0 aromatic heterocycles. The van der Waals surface area contributed by atoms with Crippen LogP contribution in [0.1, 0.15) is 19.4 Å². The lowest BCUT2D eigenvalue weighted by molar-refractivity contribution is -0.191. The molecule has 0 bridgehead atoms. The fourth-order valence-electron chi connectivity index (χ4n) is 2.47. The monoisotopic (exact) mass is 347 g/mol. The minimum absolute atomic E-state index is 0.117. The van der Waals surface area contributed by atoms with Gasteiger partial charge in [-0.15, -0.1) is 0 Å².